The van der Waals surface area contributed by atoms with E-state index in [1.54, 1.807) is 12.1 Å². The summed E-state index contributed by atoms with van der Waals surface area (Å²) in [5, 5.41) is 2.50. The van der Waals surface area contributed by atoms with E-state index in [0.717, 1.165) is 31.7 Å². The number of hydrogen-bond donors (Lipinski definition) is 1. The molecule has 0 spiro atoms. The first-order valence-electron chi connectivity index (χ1n) is 8.67. The highest BCUT2D eigenvalue weighted by atomic mass is 35.5. The number of nitrogens with zero attached hydrogens (tertiary/aromatic N) is 3. The zero-order valence-corrected chi connectivity index (χ0v) is 17.4. The van der Waals surface area contributed by atoms with E-state index in [0.29, 0.717) is 14.2 Å². The number of rotatable bonds is 5. The zero-order chi connectivity index (χ0) is 19.4. The fourth-order valence-electron chi connectivity index (χ4n) is 2.79. The van der Waals surface area contributed by atoms with Crippen LogP contribution < -0.4 is 5.43 Å². The highest BCUT2D eigenvalue weighted by molar-refractivity contribution is 8.26. The molecule has 2 aliphatic rings. The number of benzene rings is 1. The number of nitrogens with one attached hydrogen (secondary N) is 1. The minimum Gasteiger partial charge on any atom is -0.304 e. The Morgan fingerprint density at radius 2 is 2.00 bits per heavy atom. The summed E-state index contributed by atoms with van der Waals surface area (Å²) in [6.07, 6.45) is 1.95. The first kappa shape index (κ1) is 20.3. The van der Waals surface area contributed by atoms with Crippen LogP contribution in [-0.4, -0.2) is 70.7 Å². The fourth-order valence-corrected chi connectivity index (χ4v) is 4.28. The van der Waals surface area contributed by atoms with Gasteiger partial charge in [0, 0.05) is 44.2 Å². The van der Waals surface area contributed by atoms with Crippen LogP contribution in [0.1, 0.15) is 12.0 Å². The fraction of sp³-hybridized carbons (Fsp3) is 0.389. The Morgan fingerprint density at radius 3 is 2.70 bits per heavy atom. The van der Waals surface area contributed by atoms with Gasteiger partial charge in [-0.1, -0.05) is 53.8 Å². The lowest BCUT2D eigenvalue weighted by Crippen LogP contribution is -2.52. The molecule has 0 saturated carbocycles. The van der Waals surface area contributed by atoms with Gasteiger partial charge in [0.15, 0.2) is 0 Å². The van der Waals surface area contributed by atoms with Crippen LogP contribution in [-0.2, 0) is 9.59 Å². The normalized spacial score (nSPS) is 20.5. The number of piperazine rings is 1. The Bertz CT molecular complexity index is 778. The largest absolute Gasteiger partial charge is 0.304 e. The highest BCUT2D eigenvalue weighted by Gasteiger charge is 2.32. The number of halogens is 1. The third kappa shape index (κ3) is 5.30. The average Bonchev–Trinajstić information content (AvgIpc) is 2.90. The number of hydrazine groups is 1. The van der Waals surface area contributed by atoms with E-state index in [1.165, 1.54) is 16.7 Å². The Labute approximate surface area is 173 Å². The van der Waals surface area contributed by atoms with E-state index in [1.807, 2.05) is 23.2 Å². The molecule has 0 bridgehead atoms. The molecule has 2 amide bonds. The lowest BCUT2D eigenvalue weighted by molar-refractivity contribution is -0.127. The maximum Gasteiger partial charge on any atom is 0.266 e. The molecule has 2 fully saturated rings. The molecule has 9 heteroatoms. The number of carbonyl (C=O) groups excluding carboxylic acids is 2. The second-order valence-corrected chi connectivity index (χ2v) is 8.51. The lowest BCUT2D eigenvalue weighted by atomic mass is 10.2. The molecule has 2 heterocycles. The lowest BCUT2D eigenvalue weighted by Gasteiger charge is -2.32. The molecule has 0 radical (unpaired) electrons. The molecule has 3 rings (SSSR count). The molecule has 0 unspecified atom stereocenters. The van der Waals surface area contributed by atoms with Crippen LogP contribution in [0.3, 0.4) is 0 Å². The molecule has 1 aromatic rings. The van der Waals surface area contributed by atoms with Gasteiger partial charge in [0.2, 0.25) is 5.91 Å². The minimum absolute atomic E-state index is 0.108. The van der Waals surface area contributed by atoms with Gasteiger partial charge in [-0.2, -0.15) is 0 Å². The van der Waals surface area contributed by atoms with Crippen LogP contribution in [0.15, 0.2) is 29.2 Å². The van der Waals surface area contributed by atoms with Gasteiger partial charge in [0.25, 0.3) is 5.91 Å². The molecular formula is C18H21ClN4O2S2. The van der Waals surface area contributed by atoms with E-state index in [9.17, 15) is 9.59 Å². The average molecular weight is 425 g/mol. The van der Waals surface area contributed by atoms with Gasteiger partial charge >= 0.3 is 0 Å². The quantitative estimate of drug-likeness (QED) is 0.577. The third-order valence-corrected chi connectivity index (χ3v) is 6.14. The Balaban J connectivity index is 1.55. The smallest absolute Gasteiger partial charge is 0.266 e. The molecule has 0 aromatic heterocycles. The van der Waals surface area contributed by atoms with Crippen LogP contribution in [0, 0.1) is 0 Å². The minimum atomic E-state index is -0.183. The first-order chi connectivity index (χ1) is 12.9. The number of thioether (sulfide) groups is 1. The molecule has 2 aliphatic heterocycles. The molecule has 2 saturated heterocycles. The van der Waals surface area contributed by atoms with Crippen molar-refractivity contribution in [2.24, 2.45) is 0 Å². The zero-order valence-electron chi connectivity index (χ0n) is 15.0. The monoisotopic (exact) mass is 424 g/mol. The van der Waals surface area contributed by atoms with Gasteiger partial charge in [0.1, 0.15) is 4.32 Å². The maximum atomic E-state index is 12.6. The van der Waals surface area contributed by atoms with Crippen molar-refractivity contribution in [2.45, 2.75) is 6.42 Å². The van der Waals surface area contributed by atoms with Crippen molar-refractivity contribution < 1.29 is 9.59 Å². The summed E-state index contributed by atoms with van der Waals surface area (Å²) in [6.45, 7) is 3.70. The molecule has 6 nitrogen and oxygen atoms in total. The van der Waals surface area contributed by atoms with Crippen molar-refractivity contribution in [3.8, 4) is 0 Å². The third-order valence-electron chi connectivity index (χ3n) is 4.41. The topological polar surface area (TPSA) is 55.9 Å². The summed E-state index contributed by atoms with van der Waals surface area (Å²) in [5.41, 5.74) is 3.67. The van der Waals surface area contributed by atoms with Gasteiger partial charge in [0.05, 0.1) is 4.91 Å². The van der Waals surface area contributed by atoms with Crippen LogP contribution >= 0.6 is 35.6 Å². The Morgan fingerprint density at radius 1 is 1.30 bits per heavy atom. The van der Waals surface area contributed by atoms with Crippen molar-refractivity contribution >= 4 is 57.8 Å². The molecule has 144 valence electrons. The summed E-state index contributed by atoms with van der Waals surface area (Å²) >= 11 is 12.7. The molecule has 0 atom stereocenters. The summed E-state index contributed by atoms with van der Waals surface area (Å²) < 4.78 is 0.464. The number of carbonyl (C=O) groups is 2. The van der Waals surface area contributed by atoms with Gasteiger partial charge < -0.3 is 4.90 Å². The van der Waals surface area contributed by atoms with Gasteiger partial charge in [-0.15, -0.1) is 0 Å². The van der Waals surface area contributed by atoms with E-state index in [4.69, 9.17) is 23.8 Å². The van der Waals surface area contributed by atoms with Crippen molar-refractivity contribution in [1.29, 1.82) is 0 Å². The number of hydrogen-bond acceptors (Lipinski definition) is 6. The van der Waals surface area contributed by atoms with Gasteiger partial charge in [-0.25, -0.2) is 5.01 Å². The van der Waals surface area contributed by atoms with Crippen molar-refractivity contribution in [2.75, 3.05) is 39.8 Å². The van der Waals surface area contributed by atoms with Crippen LogP contribution in [0.5, 0.6) is 0 Å². The summed E-state index contributed by atoms with van der Waals surface area (Å²) in [7, 11) is 2.06. The maximum absolute atomic E-state index is 12.6. The SMILES string of the molecule is CN1CCN(NC(=O)CCN2C(=O)/C(=C/c3ccccc3Cl)SC2=S)CC1. The summed E-state index contributed by atoms with van der Waals surface area (Å²) in [6, 6.07) is 7.32. The second-order valence-electron chi connectivity index (χ2n) is 6.43. The molecule has 1 aromatic carbocycles. The van der Waals surface area contributed by atoms with E-state index < -0.39 is 0 Å². The Hall–Kier alpha value is -1.45. The van der Waals surface area contributed by atoms with Gasteiger partial charge in [-0.05, 0) is 24.8 Å². The van der Waals surface area contributed by atoms with Crippen molar-refractivity contribution in [1.82, 2.24) is 20.2 Å². The van der Waals surface area contributed by atoms with E-state index in [-0.39, 0.29) is 24.8 Å². The predicted octanol–water partition coefficient (Wildman–Crippen LogP) is 2.21. The van der Waals surface area contributed by atoms with Crippen LogP contribution in [0.25, 0.3) is 6.08 Å². The van der Waals surface area contributed by atoms with Crippen molar-refractivity contribution in [3.63, 3.8) is 0 Å². The molecule has 1 N–H and O–H groups in total. The van der Waals surface area contributed by atoms with Crippen LogP contribution in [0.4, 0.5) is 0 Å². The van der Waals surface area contributed by atoms with Crippen LogP contribution in [0.2, 0.25) is 5.02 Å². The predicted molar refractivity (Wildman–Crippen MR) is 113 cm³/mol. The van der Waals surface area contributed by atoms with Crippen molar-refractivity contribution in [3.05, 3.63) is 39.8 Å². The summed E-state index contributed by atoms with van der Waals surface area (Å²) in [5.74, 6) is -0.291. The number of amides is 2. The van der Waals surface area contributed by atoms with E-state index >= 15 is 0 Å². The molecule has 27 heavy (non-hydrogen) atoms. The van der Waals surface area contributed by atoms with E-state index in [2.05, 4.69) is 17.4 Å². The van der Waals surface area contributed by atoms with Gasteiger partial charge in [-0.3, -0.25) is 19.9 Å². The molecule has 0 aliphatic carbocycles. The first-order valence-corrected chi connectivity index (χ1v) is 10.3. The second kappa shape index (κ2) is 9.16. The number of thiocarbonyl (C=S) groups is 1. The summed E-state index contributed by atoms with van der Waals surface area (Å²) in [4.78, 5) is 29.0. The molecular weight excluding hydrogens is 404 g/mol. The highest BCUT2D eigenvalue weighted by Crippen LogP contribution is 2.33. The standard InChI is InChI=1S/C18H21ClN4O2S2/c1-21-8-10-22(11-9-21)20-16(24)6-7-23-17(25)15(27-18(23)26)12-13-4-2-3-5-14(13)19/h2-5,12H,6-11H2,1H3,(H,20,24)/b15-12-. The number of likely N-dealkylation sites (N-methyl/N-ethyl adjacent to an activating group) is 1. The Kier molecular flexibility index (Phi) is 6.88.